The second kappa shape index (κ2) is 6.25. The van der Waals surface area contributed by atoms with Crippen LogP contribution < -0.4 is 0 Å². The number of hydrogen-bond donors (Lipinski definition) is 0. The number of esters is 1. The van der Waals surface area contributed by atoms with Gasteiger partial charge in [0.2, 0.25) is 10.0 Å². The predicted molar refractivity (Wildman–Crippen MR) is 85.2 cm³/mol. The molecule has 122 valence electrons. The number of benzene rings is 1. The monoisotopic (exact) mass is 334 g/mol. The average molecular weight is 334 g/mol. The number of nitrogens with zero attached hydrogens (tertiary/aromatic N) is 2. The van der Waals surface area contributed by atoms with E-state index in [2.05, 4.69) is 4.98 Å². The number of sulfonamides is 1. The summed E-state index contributed by atoms with van der Waals surface area (Å²) in [4.78, 5) is 15.8. The van der Waals surface area contributed by atoms with Gasteiger partial charge in [0, 0.05) is 30.9 Å². The summed E-state index contributed by atoms with van der Waals surface area (Å²) >= 11 is 0. The molecule has 1 saturated heterocycles. The van der Waals surface area contributed by atoms with Crippen molar-refractivity contribution in [3.63, 3.8) is 0 Å². The molecule has 1 aliphatic rings. The van der Waals surface area contributed by atoms with Crippen LogP contribution in [0.2, 0.25) is 0 Å². The minimum atomic E-state index is -3.55. The first-order chi connectivity index (χ1) is 11.0. The summed E-state index contributed by atoms with van der Waals surface area (Å²) < 4.78 is 31.7. The largest absolute Gasteiger partial charge is 0.469 e. The van der Waals surface area contributed by atoms with E-state index < -0.39 is 10.0 Å². The lowest BCUT2D eigenvalue weighted by Gasteiger charge is -2.29. The third kappa shape index (κ3) is 3.07. The van der Waals surface area contributed by atoms with Gasteiger partial charge in [-0.2, -0.15) is 4.31 Å². The van der Waals surface area contributed by atoms with Crippen molar-refractivity contribution in [2.45, 2.75) is 17.7 Å². The van der Waals surface area contributed by atoms with Crippen LogP contribution in [0.15, 0.2) is 41.6 Å². The molecule has 23 heavy (non-hydrogen) atoms. The van der Waals surface area contributed by atoms with E-state index in [1.807, 2.05) is 0 Å². The van der Waals surface area contributed by atoms with E-state index in [9.17, 15) is 13.2 Å². The zero-order valence-electron chi connectivity index (χ0n) is 12.8. The number of fused-ring (bicyclic) bond motifs is 1. The molecule has 0 atom stereocenters. The quantitative estimate of drug-likeness (QED) is 0.800. The molecule has 6 nitrogen and oxygen atoms in total. The SMILES string of the molecule is COC(=O)C1CCN(S(=O)(=O)c2ccc3cnccc3c2)CC1. The highest BCUT2D eigenvalue weighted by molar-refractivity contribution is 7.89. The van der Waals surface area contributed by atoms with Crippen LogP contribution >= 0.6 is 0 Å². The van der Waals surface area contributed by atoms with Gasteiger partial charge in [-0.15, -0.1) is 0 Å². The Kier molecular flexibility index (Phi) is 4.32. The molecular weight excluding hydrogens is 316 g/mol. The topological polar surface area (TPSA) is 76.6 Å². The van der Waals surface area contributed by atoms with Gasteiger partial charge in [0.1, 0.15) is 0 Å². The molecule has 3 rings (SSSR count). The Morgan fingerprint density at radius 3 is 2.65 bits per heavy atom. The zero-order valence-corrected chi connectivity index (χ0v) is 13.6. The van der Waals surface area contributed by atoms with Crippen molar-refractivity contribution in [3.05, 3.63) is 36.7 Å². The van der Waals surface area contributed by atoms with Crippen LogP contribution in [0, 0.1) is 5.92 Å². The minimum absolute atomic E-state index is 0.214. The van der Waals surface area contributed by atoms with Gasteiger partial charge in [-0.25, -0.2) is 8.42 Å². The predicted octanol–water partition coefficient (Wildman–Crippen LogP) is 1.81. The van der Waals surface area contributed by atoms with Crippen molar-refractivity contribution in [3.8, 4) is 0 Å². The van der Waals surface area contributed by atoms with E-state index in [4.69, 9.17) is 4.74 Å². The van der Waals surface area contributed by atoms with E-state index >= 15 is 0 Å². The van der Waals surface area contributed by atoms with E-state index in [0.717, 1.165) is 10.8 Å². The van der Waals surface area contributed by atoms with E-state index in [1.165, 1.54) is 11.4 Å². The fourth-order valence-electron chi connectivity index (χ4n) is 2.87. The fraction of sp³-hybridized carbons (Fsp3) is 0.375. The third-order valence-corrected chi connectivity index (χ3v) is 6.13. The lowest BCUT2D eigenvalue weighted by molar-refractivity contribution is -0.146. The first-order valence-electron chi connectivity index (χ1n) is 7.44. The number of carbonyl (C=O) groups is 1. The molecule has 0 spiro atoms. The van der Waals surface area contributed by atoms with Crippen molar-refractivity contribution in [2.75, 3.05) is 20.2 Å². The Bertz CT molecular complexity index is 827. The van der Waals surface area contributed by atoms with E-state index in [1.54, 1.807) is 36.7 Å². The van der Waals surface area contributed by atoms with Gasteiger partial charge >= 0.3 is 5.97 Å². The summed E-state index contributed by atoms with van der Waals surface area (Å²) in [7, 11) is -2.19. The Labute approximate surface area is 135 Å². The first-order valence-corrected chi connectivity index (χ1v) is 8.88. The average Bonchev–Trinajstić information content (AvgIpc) is 2.60. The standard InChI is InChI=1S/C16H18N2O4S/c1-22-16(19)12-5-8-18(9-6-12)23(20,21)15-3-2-14-11-17-7-4-13(14)10-15/h2-4,7,10-12H,5-6,8-9H2,1H3. The Balaban J connectivity index is 1.82. The van der Waals surface area contributed by atoms with E-state index in [-0.39, 0.29) is 16.8 Å². The Hall–Kier alpha value is -1.99. The number of pyridine rings is 1. The summed E-state index contributed by atoms with van der Waals surface area (Å²) in [5, 5.41) is 1.74. The van der Waals surface area contributed by atoms with Gasteiger partial charge < -0.3 is 4.74 Å². The van der Waals surface area contributed by atoms with Gasteiger partial charge in [0.05, 0.1) is 17.9 Å². The molecule has 2 aromatic rings. The number of piperidine rings is 1. The molecule has 2 heterocycles. The highest BCUT2D eigenvalue weighted by Gasteiger charge is 2.32. The lowest BCUT2D eigenvalue weighted by Crippen LogP contribution is -2.40. The maximum Gasteiger partial charge on any atom is 0.308 e. The van der Waals surface area contributed by atoms with Gasteiger partial charge in [0.25, 0.3) is 0 Å². The van der Waals surface area contributed by atoms with Crippen LogP contribution in [0.3, 0.4) is 0 Å². The summed E-state index contributed by atoms with van der Waals surface area (Å²) in [6, 6.07) is 6.82. The van der Waals surface area contributed by atoms with Gasteiger partial charge in [-0.1, -0.05) is 6.07 Å². The Morgan fingerprint density at radius 1 is 1.22 bits per heavy atom. The fourth-order valence-corrected chi connectivity index (χ4v) is 4.38. The lowest BCUT2D eigenvalue weighted by atomic mass is 9.99. The maximum atomic E-state index is 12.8. The van der Waals surface area contributed by atoms with Crippen LogP contribution in [-0.4, -0.2) is 43.9 Å². The molecule has 0 unspecified atom stereocenters. The van der Waals surface area contributed by atoms with Crippen LogP contribution in [-0.2, 0) is 19.6 Å². The molecular formula is C16H18N2O4S. The molecule has 0 saturated carbocycles. The van der Waals surface area contributed by atoms with Crippen molar-refractivity contribution in [1.29, 1.82) is 0 Å². The molecule has 7 heteroatoms. The second-order valence-electron chi connectivity index (χ2n) is 5.59. The normalized spacial score (nSPS) is 17.3. The number of carbonyl (C=O) groups excluding carboxylic acids is 1. The summed E-state index contributed by atoms with van der Waals surface area (Å²) in [5.74, 6) is -0.477. The molecule has 1 aromatic heterocycles. The van der Waals surface area contributed by atoms with Crippen LogP contribution in [0.5, 0.6) is 0 Å². The highest BCUT2D eigenvalue weighted by Crippen LogP contribution is 2.26. The molecule has 0 N–H and O–H groups in total. The smallest absolute Gasteiger partial charge is 0.308 e. The van der Waals surface area contributed by atoms with Gasteiger partial charge in [0.15, 0.2) is 0 Å². The molecule has 0 radical (unpaired) electrons. The molecule has 1 fully saturated rings. The molecule has 0 bridgehead atoms. The number of ether oxygens (including phenoxy) is 1. The maximum absolute atomic E-state index is 12.8. The highest BCUT2D eigenvalue weighted by atomic mass is 32.2. The van der Waals surface area contributed by atoms with Crippen molar-refractivity contribution < 1.29 is 17.9 Å². The van der Waals surface area contributed by atoms with Crippen molar-refractivity contribution >= 4 is 26.8 Å². The summed E-state index contributed by atoms with van der Waals surface area (Å²) in [6.45, 7) is 0.660. The van der Waals surface area contributed by atoms with Crippen LogP contribution in [0.25, 0.3) is 10.8 Å². The number of hydrogen-bond acceptors (Lipinski definition) is 5. The number of aromatic nitrogens is 1. The van der Waals surface area contributed by atoms with Gasteiger partial charge in [-0.05, 0) is 36.4 Å². The van der Waals surface area contributed by atoms with Crippen molar-refractivity contribution in [2.24, 2.45) is 5.92 Å². The zero-order chi connectivity index (χ0) is 16.4. The third-order valence-electron chi connectivity index (χ3n) is 4.24. The molecule has 1 aromatic carbocycles. The van der Waals surface area contributed by atoms with Crippen LogP contribution in [0.4, 0.5) is 0 Å². The minimum Gasteiger partial charge on any atom is -0.469 e. The summed E-state index contributed by atoms with van der Waals surface area (Å²) in [5.41, 5.74) is 0. The molecule has 0 aliphatic carbocycles. The second-order valence-corrected chi connectivity index (χ2v) is 7.52. The van der Waals surface area contributed by atoms with Gasteiger partial charge in [-0.3, -0.25) is 9.78 Å². The molecule has 0 amide bonds. The number of rotatable bonds is 3. The Morgan fingerprint density at radius 2 is 1.96 bits per heavy atom. The summed E-state index contributed by atoms with van der Waals surface area (Å²) in [6.07, 6.45) is 4.32. The van der Waals surface area contributed by atoms with Crippen LogP contribution in [0.1, 0.15) is 12.8 Å². The van der Waals surface area contributed by atoms with Crippen molar-refractivity contribution in [1.82, 2.24) is 9.29 Å². The first kappa shape index (κ1) is 15.9. The molecule has 1 aliphatic heterocycles. The number of methoxy groups -OCH3 is 1. The van der Waals surface area contributed by atoms with E-state index in [0.29, 0.717) is 25.9 Å².